The Morgan fingerprint density at radius 3 is 2.79 bits per heavy atom. The Morgan fingerprint density at radius 1 is 1.37 bits per heavy atom. The van der Waals surface area contributed by atoms with E-state index in [1.165, 1.54) is 13.2 Å². The molecule has 5 nitrogen and oxygen atoms in total. The normalized spacial score (nSPS) is 10.3. The van der Waals surface area contributed by atoms with E-state index in [1.807, 2.05) is 11.9 Å². The third-order valence-electron chi connectivity index (χ3n) is 2.68. The third kappa shape index (κ3) is 3.09. The van der Waals surface area contributed by atoms with Gasteiger partial charge >= 0.3 is 0 Å². The maximum absolute atomic E-state index is 13.6. The number of benzene rings is 1. The molecular formula is C13H15FN4O. The Hall–Kier alpha value is -2.37. The zero-order chi connectivity index (χ0) is 13.8. The summed E-state index contributed by atoms with van der Waals surface area (Å²) >= 11 is 0. The van der Waals surface area contributed by atoms with Crippen molar-refractivity contribution in [1.82, 2.24) is 9.97 Å². The molecule has 0 radical (unpaired) electrons. The second-order valence-electron chi connectivity index (χ2n) is 4.07. The van der Waals surface area contributed by atoms with E-state index in [9.17, 15) is 4.39 Å². The number of nitrogen functional groups attached to an aromatic ring is 1. The van der Waals surface area contributed by atoms with Crippen LogP contribution in [0.2, 0.25) is 0 Å². The Kier molecular flexibility index (Phi) is 3.79. The monoisotopic (exact) mass is 262 g/mol. The highest BCUT2D eigenvalue weighted by molar-refractivity contribution is 5.49. The van der Waals surface area contributed by atoms with Crippen molar-refractivity contribution in [3.05, 3.63) is 42.1 Å². The highest BCUT2D eigenvalue weighted by Crippen LogP contribution is 2.23. The largest absolute Gasteiger partial charge is 0.494 e. The molecule has 2 rings (SSSR count). The van der Waals surface area contributed by atoms with Crippen LogP contribution in [0.4, 0.5) is 15.9 Å². The molecule has 0 aliphatic heterocycles. The Balaban J connectivity index is 2.15. The van der Waals surface area contributed by atoms with E-state index in [2.05, 4.69) is 9.97 Å². The molecule has 0 spiro atoms. The lowest BCUT2D eigenvalue weighted by Crippen LogP contribution is -2.18. The first-order valence-electron chi connectivity index (χ1n) is 5.72. The fourth-order valence-electron chi connectivity index (χ4n) is 1.69. The average Bonchev–Trinajstić information content (AvgIpc) is 2.38. The molecule has 0 amide bonds. The maximum atomic E-state index is 13.6. The molecular weight excluding hydrogens is 247 g/mol. The van der Waals surface area contributed by atoms with Crippen LogP contribution in [0.25, 0.3) is 0 Å². The summed E-state index contributed by atoms with van der Waals surface area (Å²) < 4.78 is 18.5. The fraction of sp³-hybridized carbons (Fsp3) is 0.231. The standard InChI is InChI=1S/C13H15FN4O/c1-18(8-13-16-6-5-12(15)17-13)9-3-4-11(19-2)10(14)7-9/h3-7H,8H2,1-2H3,(H2,15,16,17). The van der Waals surface area contributed by atoms with Crippen molar-refractivity contribution >= 4 is 11.5 Å². The van der Waals surface area contributed by atoms with E-state index < -0.39 is 5.82 Å². The first-order valence-corrected chi connectivity index (χ1v) is 5.72. The van der Waals surface area contributed by atoms with Crippen molar-refractivity contribution in [1.29, 1.82) is 0 Å². The SMILES string of the molecule is COc1ccc(N(C)Cc2nccc(N)n2)cc1F. The molecule has 0 saturated carbocycles. The quantitative estimate of drug-likeness (QED) is 0.910. The summed E-state index contributed by atoms with van der Waals surface area (Å²) in [5.74, 6) is 0.815. The van der Waals surface area contributed by atoms with Gasteiger partial charge in [-0.3, -0.25) is 0 Å². The minimum Gasteiger partial charge on any atom is -0.494 e. The zero-order valence-electron chi connectivity index (χ0n) is 10.8. The van der Waals surface area contributed by atoms with E-state index >= 15 is 0 Å². The summed E-state index contributed by atoms with van der Waals surface area (Å²) in [6.07, 6.45) is 1.60. The van der Waals surface area contributed by atoms with Gasteiger partial charge < -0.3 is 15.4 Å². The van der Waals surface area contributed by atoms with Crippen molar-refractivity contribution in [2.45, 2.75) is 6.54 Å². The summed E-state index contributed by atoms with van der Waals surface area (Å²) in [7, 11) is 3.26. The molecule has 1 aromatic heterocycles. The van der Waals surface area contributed by atoms with Gasteiger partial charge in [-0.1, -0.05) is 0 Å². The molecule has 0 unspecified atom stereocenters. The topological polar surface area (TPSA) is 64.3 Å². The number of rotatable bonds is 4. The lowest BCUT2D eigenvalue weighted by Gasteiger charge is -2.19. The second-order valence-corrected chi connectivity index (χ2v) is 4.07. The summed E-state index contributed by atoms with van der Waals surface area (Å²) in [4.78, 5) is 10.0. The number of nitrogens with two attached hydrogens (primary N) is 1. The number of anilines is 2. The molecule has 2 aromatic rings. The molecule has 1 heterocycles. The van der Waals surface area contributed by atoms with Gasteiger partial charge in [0.25, 0.3) is 0 Å². The molecule has 2 N–H and O–H groups in total. The van der Waals surface area contributed by atoms with Crippen LogP contribution < -0.4 is 15.4 Å². The van der Waals surface area contributed by atoms with Crippen molar-refractivity contribution < 1.29 is 9.13 Å². The number of aromatic nitrogens is 2. The van der Waals surface area contributed by atoms with E-state index in [1.54, 1.807) is 24.4 Å². The lowest BCUT2D eigenvalue weighted by molar-refractivity contribution is 0.386. The molecule has 1 aromatic carbocycles. The smallest absolute Gasteiger partial charge is 0.167 e. The van der Waals surface area contributed by atoms with E-state index in [4.69, 9.17) is 10.5 Å². The zero-order valence-corrected chi connectivity index (χ0v) is 10.8. The van der Waals surface area contributed by atoms with Crippen LogP contribution in [0.3, 0.4) is 0 Å². The van der Waals surface area contributed by atoms with Crippen LogP contribution in [0.15, 0.2) is 30.5 Å². The lowest BCUT2D eigenvalue weighted by atomic mass is 10.2. The summed E-state index contributed by atoms with van der Waals surface area (Å²) in [6, 6.07) is 6.39. The Bertz CT molecular complexity index is 576. The van der Waals surface area contributed by atoms with Crippen LogP contribution in [-0.2, 0) is 6.54 Å². The van der Waals surface area contributed by atoms with Crippen LogP contribution in [0.5, 0.6) is 5.75 Å². The maximum Gasteiger partial charge on any atom is 0.167 e. The Labute approximate surface area is 110 Å². The highest BCUT2D eigenvalue weighted by atomic mass is 19.1. The number of hydrogen-bond donors (Lipinski definition) is 1. The number of methoxy groups -OCH3 is 1. The number of halogens is 1. The first kappa shape index (κ1) is 13.1. The minimum absolute atomic E-state index is 0.220. The number of nitrogens with zero attached hydrogens (tertiary/aromatic N) is 3. The minimum atomic E-state index is -0.402. The van der Waals surface area contributed by atoms with Crippen molar-refractivity contribution in [3.63, 3.8) is 0 Å². The van der Waals surface area contributed by atoms with Gasteiger partial charge in [0, 0.05) is 25.0 Å². The predicted octanol–water partition coefficient (Wildman–Crippen LogP) is 1.84. The van der Waals surface area contributed by atoms with Crippen LogP contribution in [0.1, 0.15) is 5.82 Å². The van der Waals surface area contributed by atoms with E-state index in [0.29, 0.717) is 23.9 Å². The molecule has 0 aliphatic rings. The molecule has 100 valence electrons. The fourth-order valence-corrected chi connectivity index (χ4v) is 1.69. The van der Waals surface area contributed by atoms with Crippen LogP contribution in [-0.4, -0.2) is 24.1 Å². The molecule has 0 bridgehead atoms. The van der Waals surface area contributed by atoms with Gasteiger partial charge in [-0.2, -0.15) is 0 Å². The van der Waals surface area contributed by atoms with Gasteiger partial charge in [0.1, 0.15) is 11.6 Å². The van der Waals surface area contributed by atoms with Gasteiger partial charge in [0.05, 0.1) is 13.7 Å². The molecule has 6 heteroatoms. The summed E-state index contributed by atoms with van der Waals surface area (Å²) in [5.41, 5.74) is 6.30. The van der Waals surface area contributed by atoms with E-state index in [0.717, 1.165) is 0 Å². The number of hydrogen-bond acceptors (Lipinski definition) is 5. The van der Waals surface area contributed by atoms with Gasteiger partial charge in [-0.15, -0.1) is 0 Å². The summed E-state index contributed by atoms with van der Waals surface area (Å²) in [5, 5.41) is 0. The van der Waals surface area contributed by atoms with Gasteiger partial charge in [0.15, 0.2) is 11.6 Å². The van der Waals surface area contributed by atoms with Gasteiger partial charge in [-0.25, -0.2) is 14.4 Å². The summed E-state index contributed by atoms with van der Waals surface area (Å²) in [6.45, 7) is 0.441. The van der Waals surface area contributed by atoms with Gasteiger partial charge in [0.2, 0.25) is 0 Å². The van der Waals surface area contributed by atoms with Crippen molar-refractivity contribution in [2.75, 3.05) is 24.8 Å². The second kappa shape index (κ2) is 5.51. The molecule has 19 heavy (non-hydrogen) atoms. The van der Waals surface area contributed by atoms with Crippen molar-refractivity contribution in [2.24, 2.45) is 0 Å². The van der Waals surface area contributed by atoms with Crippen molar-refractivity contribution in [3.8, 4) is 5.75 Å². The number of ether oxygens (including phenoxy) is 1. The first-order chi connectivity index (χ1) is 9.10. The predicted molar refractivity (Wildman–Crippen MR) is 71.5 cm³/mol. The molecule has 0 aliphatic carbocycles. The average molecular weight is 262 g/mol. The molecule has 0 atom stereocenters. The van der Waals surface area contributed by atoms with Gasteiger partial charge in [-0.05, 0) is 18.2 Å². The van der Waals surface area contributed by atoms with Crippen LogP contribution >= 0.6 is 0 Å². The third-order valence-corrected chi connectivity index (χ3v) is 2.68. The highest BCUT2D eigenvalue weighted by Gasteiger charge is 2.08. The molecule has 0 saturated heterocycles. The van der Waals surface area contributed by atoms with Crippen LogP contribution in [0, 0.1) is 5.82 Å². The molecule has 0 fully saturated rings. The van der Waals surface area contributed by atoms with E-state index in [-0.39, 0.29) is 5.75 Å². The Morgan fingerprint density at radius 2 is 2.16 bits per heavy atom.